The lowest BCUT2D eigenvalue weighted by molar-refractivity contribution is -0.129. The van der Waals surface area contributed by atoms with Gasteiger partial charge in [-0.2, -0.15) is 8.61 Å². The van der Waals surface area contributed by atoms with Crippen molar-refractivity contribution in [3.8, 4) is 0 Å². The first-order chi connectivity index (χ1) is 19.4. The summed E-state index contributed by atoms with van der Waals surface area (Å²) in [6.07, 6.45) is 6.09. The standard InChI is InChI=1S/C15H18ClNO3S.C14H16ClNO3S/c1-10-14-4-2-3-12(9-15(10)18)17(14)21(19,20)13-7-5-11(16)6-8-13;15-10-4-6-14(7-5-10)20(18,19)16-11-2-1-3-12(16)9-13(17)8-11/h5-8,10,12,14H,2-4,9H2,1H3;4-7,11-12H,1-3,8-9H2. The zero-order valence-electron chi connectivity index (χ0n) is 22.8. The number of rotatable bonds is 4. The molecule has 2 aromatic rings. The van der Waals surface area contributed by atoms with Crippen molar-refractivity contribution in [2.24, 2.45) is 5.92 Å². The van der Waals surface area contributed by atoms with Crippen molar-refractivity contribution in [2.45, 2.75) is 98.7 Å². The second kappa shape index (κ2) is 12.1. The molecule has 4 aliphatic rings. The fraction of sp³-hybridized carbons (Fsp3) is 0.517. The van der Waals surface area contributed by atoms with Crippen LogP contribution in [0.25, 0.3) is 0 Å². The summed E-state index contributed by atoms with van der Waals surface area (Å²) in [4.78, 5) is 24.2. The summed E-state index contributed by atoms with van der Waals surface area (Å²) in [5, 5.41) is 1.02. The average Bonchev–Trinajstić information content (AvgIpc) is 2.92. The topological polar surface area (TPSA) is 109 Å². The van der Waals surface area contributed by atoms with Crippen LogP contribution >= 0.6 is 23.2 Å². The third-order valence-corrected chi connectivity index (χ3v) is 13.3. The van der Waals surface area contributed by atoms with E-state index in [1.165, 1.54) is 24.3 Å². The van der Waals surface area contributed by atoms with Crippen LogP contribution < -0.4 is 0 Å². The lowest BCUT2D eigenvalue weighted by Gasteiger charge is -2.47. The van der Waals surface area contributed by atoms with Gasteiger partial charge in [0.25, 0.3) is 0 Å². The van der Waals surface area contributed by atoms with Gasteiger partial charge < -0.3 is 0 Å². The summed E-state index contributed by atoms with van der Waals surface area (Å²) < 4.78 is 54.6. The number of hydrogen-bond donors (Lipinski definition) is 0. The van der Waals surface area contributed by atoms with Crippen molar-refractivity contribution in [3.05, 3.63) is 58.6 Å². The highest BCUT2D eigenvalue weighted by atomic mass is 35.5. The highest BCUT2D eigenvalue weighted by Gasteiger charge is 2.48. The Morgan fingerprint density at radius 3 is 1.54 bits per heavy atom. The molecule has 12 heteroatoms. The molecule has 4 saturated heterocycles. The smallest absolute Gasteiger partial charge is 0.243 e. The lowest BCUT2D eigenvalue weighted by atomic mass is 9.79. The van der Waals surface area contributed by atoms with Gasteiger partial charge in [-0.1, -0.05) is 43.0 Å². The highest BCUT2D eigenvalue weighted by molar-refractivity contribution is 7.89. The second-order valence-corrected chi connectivity index (χ2v) is 15.9. The number of fused-ring (bicyclic) bond motifs is 4. The molecule has 5 unspecified atom stereocenters. The quantitative estimate of drug-likeness (QED) is 0.438. The van der Waals surface area contributed by atoms with Gasteiger partial charge in [-0.05, 0) is 74.2 Å². The largest absolute Gasteiger partial charge is 0.300 e. The van der Waals surface area contributed by atoms with E-state index in [4.69, 9.17) is 23.2 Å². The van der Waals surface area contributed by atoms with Gasteiger partial charge in [0.2, 0.25) is 20.0 Å². The summed E-state index contributed by atoms with van der Waals surface area (Å²) in [5.41, 5.74) is 0. The monoisotopic (exact) mass is 640 g/mol. The third kappa shape index (κ3) is 6.15. The van der Waals surface area contributed by atoms with E-state index in [0.29, 0.717) is 29.3 Å². The van der Waals surface area contributed by atoms with E-state index in [0.717, 1.165) is 38.5 Å². The van der Waals surface area contributed by atoms with Crippen LogP contribution in [-0.2, 0) is 29.6 Å². The van der Waals surface area contributed by atoms with Crippen molar-refractivity contribution in [2.75, 3.05) is 0 Å². The van der Waals surface area contributed by atoms with Crippen molar-refractivity contribution in [1.29, 1.82) is 0 Å². The molecule has 0 radical (unpaired) electrons. The molecule has 0 N–H and O–H groups in total. The van der Waals surface area contributed by atoms with Gasteiger partial charge in [0.1, 0.15) is 11.6 Å². The van der Waals surface area contributed by atoms with Crippen molar-refractivity contribution in [1.82, 2.24) is 8.61 Å². The number of sulfonamides is 2. The van der Waals surface area contributed by atoms with Crippen molar-refractivity contribution in [3.63, 3.8) is 0 Å². The van der Waals surface area contributed by atoms with Crippen molar-refractivity contribution < 1.29 is 26.4 Å². The van der Waals surface area contributed by atoms with Gasteiger partial charge in [-0.3, -0.25) is 9.59 Å². The molecule has 41 heavy (non-hydrogen) atoms. The van der Waals surface area contributed by atoms with E-state index in [1.54, 1.807) is 32.9 Å². The van der Waals surface area contributed by atoms with Gasteiger partial charge in [-0.15, -0.1) is 0 Å². The molecule has 0 spiro atoms. The maximum Gasteiger partial charge on any atom is 0.243 e. The van der Waals surface area contributed by atoms with Crippen LogP contribution in [-0.4, -0.2) is 61.2 Å². The Morgan fingerprint density at radius 2 is 1.05 bits per heavy atom. The van der Waals surface area contributed by atoms with E-state index in [-0.39, 0.29) is 51.4 Å². The number of hydrogen-bond acceptors (Lipinski definition) is 6. The van der Waals surface area contributed by atoms with Crippen LogP contribution in [0.2, 0.25) is 10.0 Å². The molecule has 0 saturated carbocycles. The third-order valence-electron chi connectivity index (χ3n) is 8.74. The summed E-state index contributed by atoms with van der Waals surface area (Å²) in [7, 11) is -7.11. The number of nitrogens with zero attached hydrogens (tertiary/aromatic N) is 2. The van der Waals surface area contributed by atoms with Gasteiger partial charge in [-0.25, -0.2) is 16.8 Å². The molecule has 4 aliphatic heterocycles. The molecule has 4 fully saturated rings. The Bertz CT molecular complexity index is 1500. The van der Waals surface area contributed by atoms with Crippen LogP contribution in [0, 0.1) is 5.92 Å². The molecular formula is C29H34Cl2N2O6S2. The minimum Gasteiger partial charge on any atom is -0.300 e. The van der Waals surface area contributed by atoms with E-state index < -0.39 is 20.0 Å². The van der Waals surface area contributed by atoms with E-state index in [9.17, 15) is 26.4 Å². The van der Waals surface area contributed by atoms with Gasteiger partial charge in [0.05, 0.1) is 9.79 Å². The first-order valence-corrected chi connectivity index (χ1v) is 17.7. The summed E-state index contributed by atoms with van der Waals surface area (Å²) in [6.45, 7) is 1.85. The fourth-order valence-electron chi connectivity index (χ4n) is 6.74. The normalized spacial score (nSPS) is 29.0. The fourth-order valence-corrected chi connectivity index (χ4v) is 10.8. The average molecular weight is 642 g/mol. The summed E-state index contributed by atoms with van der Waals surface area (Å²) in [6, 6.07) is 11.7. The number of halogens is 2. The molecule has 4 heterocycles. The maximum absolute atomic E-state index is 12.9. The number of benzene rings is 2. The Hall–Kier alpha value is -1.82. The van der Waals surface area contributed by atoms with Crippen LogP contribution in [0.4, 0.5) is 0 Å². The second-order valence-electron chi connectivity index (χ2n) is 11.4. The minimum atomic E-state index is -3.57. The predicted octanol–water partition coefficient (Wildman–Crippen LogP) is 5.48. The summed E-state index contributed by atoms with van der Waals surface area (Å²) in [5.74, 6) is 0.151. The van der Waals surface area contributed by atoms with E-state index >= 15 is 0 Å². The molecule has 4 bridgehead atoms. The number of carbonyl (C=O) groups excluding carboxylic acids is 2. The Labute approximate surface area is 252 Å². The molecule has 0 aliphatic carbocycles. The molecule has 0 amide bonds. The zero-order chi connectivity index (χ0) is 29.5. The Balaban J connectivity index is 0.000000165. The predicted molar refractivity (Wildman–Crippen MR) is 157 cm³/mol. The zero-order valence-corrected chi connectivity index (χ0v) is 25.9. The molecule has 222 valence electrons. The Morgan fingerprint density at radius 1 is 0.634 bits per heavy atom. The summed E-state index contributed by atoms with van der Waals surface area (Å²) >= 11 is 11.6. The number of piperidine rings is 4. The van der Waals surface area contributed by atoms with Crippen molar-refractivity contribution >= 4 is 54.8 Å². The first-order valence-electron chi connectivity index (χ1n) is 14.0. The molecule has 5 atom stereocenters. The lowest BCUT2D eigenvalue weighted by Crippen LogP contribution is -2.58. The number of ketones is 2. The number of carbonyl (C=O) groups is 2. The van der Waals surface area contributed by atoms with E-state index in [1.807, 2.05) is 6.92 Å². The SMILES string of the molecule is CC1C(=O)CC2CCCC1N2S(=O)(=O)c1ccc(Cl)cc1.O=C1CC2CCCC(C1)N2S(=O)(=O)c1ccc(Cl)cc1. The highest BCUT2D eigenvalue weighted by Crippen LogP contribution is 2.40. The van der Waals surface area contributed by atoms with Crippen LogP contribution in [0.15, 0.2) is 58.3 Å². The number of Topliss-reactive ketones (excluding diaryl/α,β-unsaturated/α-hetero) is 2. The minimum absolute atomic E-state index is 0.171. The van der Waals surface area contributed by atoms with Gasteiger partial charge in [0, 0.05) is 59.4 Å². The first kappa shape index (κ1) is 30.6. The van der Waals surface area contributed by atoms with Crippen LogP contribution in [0.3, 0.4) is 0 Å². The maximum atomic E-state index is 12.9. The molecule has 6 rings (SSSR count). The van der Waals surface area contributed by atoms with Crippen LogP contribution in [0.1, 0.15) is 64.7 Å². The van der Waals surface area contributed by atoms with E-state index in [2.05, 4.69) is 0 Å². The Kier molecular flexibility index (Phi) is 9.00. The molecule has 8 nitrogen and oxygen atoms in total. The van der Waals surface area contributed by atoms with Gasteiger partial charge in [0.15, 0.2) is 0 Å². The molecular weight excluding hydrogens is 607 g/mol. The molecule has 2 aromatic carbocycles. The molecule has 0 aromatic heterocycles. The van der Waals surface area contributed by atoms with Gasteiger partial charge >= 0.3 is 0 Å². The van der Waals surface area contributed by atoms with Crippen LogP contribution in [0.5, 0.6) is 0 Å².